The van der Waals surface area contributed by atoms with Crippen molar-refractivity contribution in [3.8, 4) is 0 Å². The van der Waals surface area contributed by atoms with Crippen molar-refractivity contribution in [2.24, 2.45) is 11.5 Å². The highest BCUT2D eigenvalue weighted by Crippen LogP contribution is 2.17. The summed E-state index contributed by atoms with van der Waals surface area (Å²) < 4.78 is 5.18. The molecule has 0 aliphatic rings. The molecular weight excluding hydrogens is 340 g/mol. The van der Waals surface area contributed by atoms with E-state index in [0.717, 1.165) is 0 Å². The van der Waals surface area contributed by atoms with Gasteiger partial charge in [0.1, 0.15) is 12.1 Å². The number of nitrogens with zero attached hydrogens (tertiary/aromatic N) is 2. The number of carbonyl (C=O) groups excluding carboxylic acids is 2. The van der Waals surface area contributed by atoms with Crippen molar-refractivity contribution < 1.29 is 34.1 Å². The molecule has 140 valence electrons. The number of nitrogens with two attached hydrogens (primary N) is 2. The molecule has 0 aliphatic heterocycles. The van der Waals surface area contributed by atoms with Gasteiger partial charge in [-0.2, -0.15) is 0 Å². The first-order chi connectivity index (χ1) is 11.6. The van der Waals surface area contributed by atoms with Crippen molar-refractivity contribution >= 4 is 17.9 Å². The molecule has 0 aliphatic carbocycles. The first kappa shape index (κ1) is 20.3. The van der Waals surface area contributed by atoms with E-state index in [9.17, 15) is 19.5 Å². The lowest BCUT2D eigenvalue weighted by atomic mass is 10.2. The summed E-state index contributed by atoms with van der Waals surface area (Å²) in [6.07, 6.45) is -1.79. The molecule has 13 heteroatoms. The Morgan fingerprint density at radius 2 is 1.84 bits per heavy atom. The van der Waals surface area contributed by atoms with Crippen molar-refractivity contribution in [2.45, 2.75) is 37.6 Å². The topological polar surface area (TPSA) is 227 Å². The zero-order valence-electron chi connectivity index (χ0n) is 13.2. The molecule has 0 bridgehead atoms. The number of aromatic nitrogens is 2. The summed E-state index contributed by atoms with van der Waals surface area (Å²) >= 11 is 0. The summed E-state index contributed by atoms with van der Waals surface area (Å²) in [5.41, 5.74) is 10.6. The molecule has 0 spiro atoms. The van der Waals surface area contributed by atoms with Gasteiger partial charge in [0, 0.05) is 0 Å². The standard InChI is InChI=1S/C12H20N6O7/c1-4(20)8(11(22)23)16-12(24)15-6(2-7(14)21)10-18-17-9(25-10)5(13)3-19/h4-6,8,19-20H,2-3,13H2,1H3,(H2,14,21)(H,22,23)(H2,15,16,24). The maximum absolute atomic E-state index is 11.9. The van der Waals surface area contributed by atoms with Gasteiger partial charge in [0.15, 0.2) is 6.04 Å². The number of carbonyl (C=O) groups is 3. The van der Waals surface area contributed by atoms with E-state index in [4.69, 9.17) is 26.1 Å². The van der Waals surface area contributed by atoms with Crippen LogP contribution in [0.1, 0.15) is 37.2 Å². The molecule has 3 amide bonds. The number of nitrogens with one attached hydrogen (secondary N) is 2. The fraction of sp³-hybridized carbons (Fsp3) is 0.583. The van der Waals surface area contributed by atoms with Crippen molar-refractivity contribution in [1.82, 2.24) is 20.8 Å². The minimum Gasteiger partial charge on any atom is -0.480 e. The molecule has 0 fully saturated rings. The normalized spacial score (nSPS) is 15.7. The summed E-state index contributed by atoms with van der Waals surface area (Å²) in [6.45, 7) is 0.714. The van der Waals surface area contributed by atoms with Crippen LogP contribution in [0, 0.1) is 0 Å². The smallest absolute Gasteiger partial charge is 0.328 e. The fourth-order valence-electron chi connectivity index (χ4n) is 1.75. The zero-order chi connectivity index (χ0) is 19.1. The van der Waals surface area contributed by atoms with Crippen LogP contribution in [0.25, 0.3) is 0 Å². The lowest BCUT2D eigenvalue weighted by molar-refractivity contribution is -0.141. The summed E-state index contributed by atoms with van der Waals surface area (Å²) in [6, 6.07) is -4.69. The van der Waals surface area contributed by atoms with Crippen molar-refractivity contribution in [1.29, 1.82) is 0 Å². The van der Waals surface area contributed by atoms with Crippen LogP contribution in [0.15, 0.2) is 4.42 Å². The molecule has 1 aromatic heterocycles. The van der Waals surface area contributed by atoms with E-state index in [1.54, 1.807) is 0 Å². The van der Waals surface area contributed by atoms with Crippen LogP contribution in [0.5, 0.6) is 0 Å². The number of aliphatic hydroxyl groups is 2. The Labute approximate surface area is 141 Å². The molecule has 25 heavy (non-hydrogen) atoms. The molecule has 9 N–H and O–H groups in total. The van der Waals surface area contributed by atoms with E-state index in [2.05, 4.69) is 15.5 Å². The highest BCUT2D eigenvalue weighted by molar-refractivity contribution is 5.83. The van der Waals surface area contributed by atoms with Crippen LogP contribution >= 0.6 is 0 Å². The molecule has 0 radical (unpaired) electrons. The van der Waals surface area contributed by atoms with Gasteiger partial charge in [0.25, 0.3) is 0 Å². The number of urea groups is 1. The minimum atomic E-state index is -1.57. The number of carboxylic acid groups (broad SMARTS) is 1. The van der Waals surface area contributed by atoms with Gasteiger partial charge in [-0.1, -0.05) is 0 Å². The largest absolute Gasteiger partial charge is 0.480 e. The lowest BCUT2D eigenvalue weighted by Crippen LogP contribution is -2.52. The van der Waals surface area contributed by atoms with Gasteiger partial charge in [-0.15, -0.1) is 10.2 Å². The van der Waals surface area contributed by atoms with Crippen LogP contribution in [0.2, 0.25) is 0 Å². The summed E-state index contributed by atoms with van der Waals surface area (Å²) in [5, 5.41) is 38.7. The van der Waals surface area contributed by atoms with Gasteiger partial charge in [0.2, 0.25) is 17.7 Å². The third kappa shape index (κ3) is 5.98. The van der Waals surface area contributed by atoms with E-state index in [-0.39, 0.29) is 11.8 Å². The third-order valence-electron chi connectivity index (χ3n) is 3.01. The summed E-state index contributed by atoms with van der Waals surface area (Å²) in [7, 11) is 0. The quantitative estimate of drug-likeness (QED) is 0.238. The average molecular weight is 360 g/mol. The second kappa shape index (κ2) is 8.91. The molecule has 1 rings (SSSR count). The first-order valence-electron chi connectivity index (χ1n) is 7.11. The number of primary amides is 1. The molecule has 0 saturated heterocycles. The fourth-order valence-corrected chi connectivity index (χ4v) is 1.75. The Balaban J connectivity index is 2.89. The van der Waals surface area contributed by atoms with Crippen LogP contribution in [-0.2, 0) is 9.59 Å². The number of amides is 3. The molecule has 0 aromatic carbocycles. The monoisotopic (exact) mass is 360 g/mol. The Hall–Kier alpha value is -2.77. The predicted molar refractivity (Wildman–Crippen MR) is 79.6 cm³/mol. The van der Waals surface area contributed by atoms with E-state index < -0.39 is 55.2 Å². The van der Waals surface area contributed by atoms with Gasteiger partial charge in [-0.25, -0.2) is 9.59 Å². The van der Waals surface area contributed by atoms with Crippen LogP contribution < -0.4 is 22.1 Å². The summed E-state index contributed by atoms with van der Waals surface area (Å²) in [5.74, 6) is -2.59. The Kier molecular flexibility index (Phi) is 7.22. The van der Waals surface area contributed by atoms with Crippen LogP contribution in [-0.4, -0.2) is 62.2 Å². The van der Waals surface area contributed by atoms with Gasteiger partial charge in [-0.05, 0) is 6.92 Å². The Morgan fingerprint density at radius 1 is 1.24 bits per heavy atom. The van der Waals surface area contributed by atoms with E-state index in [1.165, 1.54) is 6.92 Å². The van der Waals surface area contributed by atoms with Gasteiger partial charge in [-0.3, -0.25) is 4.79 Å². The minimum absolute atomic E-state index is 0.124. The number of aliphatic hydroxyl groups excluding tert-OH is 2. The second-order valence-electron chi connectivity index (χ2n) is 5.16. The average Bonchev–Trinajstić information content (AvgIpc) is 3.00. The maximum atomic E-state index is 11.9. The van der Waals surface area contributed by atoms with Crippen molar-refractivity contribution in [3.05, 3.63) is 11.8 Å². The van der Waals surface area contributed by atoms with Gasteiger partial charge < -0.3 is 41.8 Å². The van der Waals surface area contributed by atoms with Crippen LogP contribution in [0.4, 0.5) is 4.79 Å². The Morgan fingerprint density at radius 3 is 2.32 bits per heavy atom. The number of hydrogen-bond donors (Lipinski definition) is 7. The van der Waals surface area contributed by atoms with E-state index in [0.29, 0.717) is 0 Å². The molecule has 0 saturated carbocycles. The van der Waals surface area contributed by atoms with E-state index >= 15 is 0 Å². The Bertz CT molecular complexity index is 619. The molecule has 13 nitrogen and oxygen atoms in total. The van der Waals surface area contributed by atoms with Gasteiger partial charge >= 0.3 is 12.0 Å². The van der Waals surface area contributed by atoms with Crippen LogP contribution in [0.3, 0.4) is 0 Å². The predicted octanol–water partition coefficient (Wildman–Crippen LogP) is -2.89. The zero-order valence-corrected chi connectivity index (χ0v) is 13.2. The lowest BCUT2D eigenvalue weighted by Gasteiger charge is -2.19. The number of carboxylic acids is 1. The molecule has 1 aromatic rings. The second-order valence-corrected chi connectivity index (χ2v) is 5.16. The maximum Gasteiger partial charge on any atom is 0.328 e. The SMILES string of the molecule is CC(O)C(NC(=O)NC(CC(N)=O)c1nnc(C(N)CO)o1)C(=O)O. The number of hydrogen-bond acceptors (Lipinski definition) is 9. The molecule has 4 atom stereocenters. The third-order valence-corrected chi connectivity index (χ3v) is 3.01. The highest BCUT2D eigenvalue weighted by Gasteiger charge is 2.28. The summed E-state index contributed by atoms with van der Waals surface area (Å²) in [4.78, 5) is 34.0. The van der Waals surface area contributed by atoms with Crippen molar-refractivity contribution in [3.63, 3.8) is 0 Å². The van der Waals surface area contributed by atoms with E-state index in [1.807, 2.05) is 5.32 Å². The first-order valence-corrected chi connectivity index (χ1v) is 7.11. The molecule has 1 heterocycles. The van der Waals surface area contributed by atoms with Gasteiger partial charge in [0.05, 0.1) is 19.1 Å². The molecule has 4 unspecified atom stereocenters. The number of rotatable bonds is 9. The molecular formula is C12H20N6O7. The number of aliphatic carboxylic acids is 1. The highest BCUT2D eigenvalue weighted by atomic mass is 16.4. The van der Waals surface area contributed by atoms with Crippen molar-refractivity contribution in [2.75, 3.05) is 6.61 Å².